The molecule has 132 valence electrons. The molecule has 0 unspecified atom stereocenters. The van der Waals surface area contributed by atoms with Crippen molar-refractivity contribution in [3.05, 3.63) is 83.1 Å². The molecule has 0 spiro atoms. The van der Waals surface area contributed by atoms with E-state index in [1.165, 1.54) is 0 Å². The Morgan fingerprint density at radius 1 is 0.962 bits per heavy atom. The number of alkyl halides is 3. The minimum atomic E-state index is -4.67. The standard InChI is InChI=1S/C19H12ClF3N2O/c20-13-9-7-12(8-10-13)14-4-1-2-6-16(14)25-18(26)17-15(19(21,22)23)5-3-11-24-17/h1-11H,(H,25,26). The minimum Gasteiger partial charge on any atom is -0.320 e. The number of benzene rings is 2. The number of carbonyl (C=O) groups excluding carboxylic acids is 1. The molecular formula is C19H12ClF3N2O. The highest BCUT2D eigenvalue weighted by Crippen LogP contribution is 2.32. The lowest BCUT2D eigenvalue weighted by Gasteiger charge is -2.14. The summed E-state index contributed by atoms with van der Waals surface area (Å²) in [7, 11) is 0. The molecule has 3 rings (SSSR count). The van der Waals surface area contributed by atoms with Crippen LogP contribution in [0.2, 0.25) is 5.02 Å². The zero-order valence-electron chi connectivity index (χ0n) is 13.2. The van der Waals surface area contributed by atoms with Gasteiger partial charge in [-0.3, -0.25) is 9.78 Å². The lowest BCUT2D eigenvalue weighted by molar-refractivity contribution is -0.138. The van der Waals surface area contributed by atoms with Crippen molar-refractivity contribution in [1.82, 2.24) is 4.98 Å². The number of amides is 1. The van der Waals surface area contributed by atoms with E-state index in [1.807, 2.05) is 0 Å². The van der Waals surface area contributed by atoms with E-state index in [1.54, 1.807) is 48.5 Å². The van der Waals surface area contributed by atoms with E-state index in [2.05, 4.69) is 10.3 Å². The third-order valence-electron chi connectivity index (χ3n) is 3.66. The van der Waals surface area contributed by atoms with Gasteiger partial charge in [0.15, 0.2) is 0 Å². The fourth-order valence-corrected chi connectivity index (χ4v) is 2.60. The SMILES string of the molecule is O=C(Nc1ccccc1-c1ccc(Cl)cc1)c1ncccc1C(F)(F)F. The maximum atomic E-state index is 13.1. The Morgan fingerprint density at radius 3 is 2.35 bits per heavy atom. The monoisotopic (exact) mass is 376 g/mol. The van der Waals surface area contributed by atoms with Gasteiger partial charge in [-0.1, -0.05) is 41.9 Å². The van der Waals surface area contributed by atoms with Crippen molar-refractivity contribution in [1.29, 1.82) is 0 Å². The third kappa shape index (κ3) is 3.86. The van der Waals surface area contributed by atoms with Crippen LogP contribution >= 0.6 is 11.6 Å². The van der Waals surface area contributed by atoms with Crippen molar-refractivity contribution in [2.45, 2.75) is 6.18 Å². The summed E-state index contributed by atoms with van der Waals surface area (Å²) in [5, 5.41) is 3.07. The Hall–Kier alpha value is -2.86. The Bertz CT molecular complexity index is 940. The molecule has 0 atom stereocenters. The molecule has 1 aromatic heterocycles. The van der Waals surface area contributed by atoms with E-state index in [4.69, 9.17) is 11.6 Å². The summed E-state index contributed by atoms with van der Waals surface area (Å²) in [4.78, 5) is 16.0. The van der Waals surface area contributed by atoms with Crippen molar-refractivity contribution in [2.24, 2.45) is 0 Å². The second kappa shape index (κ2) is 7.17. The molecule has 0 aliphatic heterocycles. The Balaban J connectivity index is 1.96. The van der Waals surface area contributed by atoms with Crippen molar-refractivity contribution in [3.63, 3.8) is 0 Å². The maximum Gasteiger partial charge on any atom is 0.418 e. The van der Waals surface area contributed by atoms with Gasteiger partial charge < -0.3 is 5.32 Å². The fourth-order valence-electron chi connectivity index (χ4n) is 2.47. The van der Waals surface area contributed by atoms with Crippen LogP contribution in [0, 0.1) is 0 Å². The lowest BCUT2D eigenvalue weighted by Crippen LogP contribution is -2.20. The van der Waals surface area contributed by atoms with Gasteiger partial charge in [-0.25, -0.2) is 0 Å². The Kier molecular flexibility index (Phi) is 4.95. The van der Waals surface area contributed by atoms with Gasteiger partial charge in [0, 0.05) is 22.5 Å². The summed E-state index contributed by atoms with van der Waals surface area (Å²) in [5.41, 5.74) is 0.0374. The minimum absolute atomic E-state index is 0.374. The van der Waals surface area contributed by atoms with Crippen LogP contribution in [-0.4, -0.2) is 10.9 Å². The van der Waals surface area contributed by atoms with Crippen LogP contribution in [0.3, 0.4) is 0 Å². The average Bonchev–Trinajstić information content (AvgIpc) is 2.62. The molecule has 7 heteroatoms. The van der Waals surface area contributed by atoms with Crippen molar-refractivity contribution in [3.8, 4) is 11.1 Å². The van der Waals surface area contributed by atoms with Crippen molar-refractivity contribution in [2.75, 3.05) is 5.32 Å². The first kappa shape index (κ1) is 17.9. The van der Waals surface area contributed by atoms with E-state index in [0.717, 1.165) is 23.9 Å². The molecule has 3 nitrogen and oxygen atoms in total. The molecule has 0 fully saturated rings. The van der Waals surface area contributed by atoms with Crippen molar-refractivity contribution >= 4 is 23.2 Å². The van der Waals surface area contributed by atoms with Gasteiger partial charge >= 0.3 is 6.18 Å². The number of hydrogen-bond donors (Lipinski definition) is 1. The molecule has 0 saturated carbocycles. The number of halogens is 4. The first-order valence-electron chi connectivity index (χ1n) is 7.55. The number of nitrogens with one attached hydrogen (secondary N) is 1. The van der Waals surface area contributed by atoms with Gasteiger partial charge in [0.25, 0.3) is 5.91 Å². The highest BCUT2D eigenvalue weighted by Gasteiger charge is 2.36. The quantitative estimate of drug-likeness (QED) is 0.639. The lowest BCUT2D eigenvalue weighted by atomic mass is 10.0. The molecule has 0 aliphatic carbocycles. The number of nitrogens with zero attached hydrogens (tertiary/aromatic N) is 1. The highest BCUT2D eigenvalue weighted by molar-refractivity contribution is 6.30. The van der Waals surface area contributed by atoms with E-state index >= 15 is 0 Å². The number of rotatable bonds is 3. The van der Waals surface area contributed by atoms with Crippen LogP contribution < -0.4 is 5.32 Å². The zero-order chi connectivity index (χ0) is 18.7. The van der Waals surface area contributed by atoms with Gasteiger partial charge in [0.1, 0.15) is 5.69 Å². The first-order valence-corrected chi connectivity index (χ1v) is 7.92. The predicted molar refractivity (Wildman–Crippen MR) is 94.1 cm³/mol. The molecule has 0 aliphatic rings. The van der Waals surface area contributed by atoms with Crippen LogP contribution in [0.15, 0.2) is 66.9 Å². The van der Waals surface area contributed by atoms with Crippen molar-refractivity contribution < 1.29 is 18.0 Å². The molecule has 2 aromatic carbocycles. The summed E-state index contributed by atoms with van der Waals surface area (Å²) in [5.74, 6) is -0.931. The van der Waals surface area contributed by atoms with Gasteiger partial charge in [-0.05, 0) is 35.9 Å². The van der Waals surface area contributed by atoms with Gasteiger partial charge in [0.2, 0.25) is 0 Å². The topological polar surface area (TPSA) is 42.0 Å². The van der Waals surface area contributed by atoms with E-state index in [9.17, 15) is 18.0 Å². The number of hydrogen-bond acceptors (Lipinski definition) is 2. The van der Waals surface area contributed by atoms with Crippen LogP contribution in [0.4, 0.5) is 18.9 Å². The van der Waals surface area contributed by atoms with Crippen LogP contribution in [0.5, 0.6) is 0 Å². The summed E-state index contributed by atoms with van der Waals surface area (Å²) in [6, 6.07) is 15.7. The Labute approximate surface area is 152 Å². The van der Waals surface area contributed by atoms with Gasteiger partial charge in [-0.2, -0.15) is 13.2 Å². The zero-order valence-corrected chi connectivity index (χ0v) is 14.0. The molecular weight excluding hydrogens is 365 g/mol. The molecule has 1 amide bonds. The smallest absolute Gasteiger partial charge is 0.320 e. The maximum absolute atomic E-state index is 13.1. The Morgan fingerprint density at radius 2 is 1.65 bits per heavy atom. The summed E-state index contributed by atoms with van der Waals surface area (Å²) in [6.07, 6.45) is -3.52. The second-order valence-corrected chi connectivity index (χ2v) is 5.84. The van der Waals surface area contributed by atoms with Gasteiger partial charge in [0.05, 0.1) is 5.56 Å². The first-order chi connectivity index (χ1) is 12.4. The fraction of sp³-hybridized carbons (Fsp3) is 0.0526. The molecule has 0 saturated heterocycles. The molecule has 0 radical (unpaired) electrons. The molecule has 1 heterocycles. The van der Waals surface area contributed by atoms with Crippen LogP contribution in [0.25, 0.3) is 11.1 Å². The molecule has 1 N–H and O–H groups in total. The second-order valence-electron chi connectivity index (χ2n) is 5.40. The number of anilines is 1. The highest BCUT2D eigenvalue weighted by atomic mass is 35.5. The molecule has 0 bridgehead atoms. The number of aromatic nitrogens is 1. The number of carbonyl (C=O) groups is 1. The van der Waals surface area contributed by atoms with E-state index in [0.29, 0.717) is 16.3 Å². The van der Waals surface area contributed by atoms with Crippen LogP contribution in [-0.2, 0) is 6.18 Å². The number of pyridine rings is 1. The largest absolute Gasteiger partial charge is 0.418 e. The van der Waals surface area contributed by atoms with Crippen LogP contribution in [0.1, 0.15) is 16.1 Å². The molecule has 3 aromatic rings. The third-order valence-corrected chi connectivity index (χ3v) is 3.91. The predicted octanol–water partition coefficient (Wildman–Crippen LogP) is 5.67. The summed E-state index contributed by atoms with van der Waals surface area (Å²) >= 11 is 5.88. The van der Waals surface area contributed by atoms with E-state index < -0.39 is 23.3 Å². The van der Waals surface area contributed by atoms with E-state index in [-0.39, 0.29) is 0 Å². The van der Waals surface area contributed by atoms with Gasteiger partial charge in [-0.15, -0.1) is 0 Å². The summed E-state index contributed by atoms with van der Waals surface area (Å²) in [6.45, 7) is 0. The summed E-state index contributed by atoms with van der Waals surface area (Å²) < 4.78 is 39.3. The molecule has 26 heavy (non-hydrogen) atoms. The average molecular weight is 377 g/mol. The number of para-hydroxylation sites is 1. The normalized spacial score (nSPS) is 11.2.